The van der Waals surface area contributed by atoms with Gasteiger partial charge in [0.25, 0.3) is 0 Å². The first-order valence-electron chi connectivity index (χ1n) is 6.24. The molecule has 6 heteroatoms. The van der Waals surface area contributed by atoms with Gasteiger partial charge in [-0.15, -0.1) is 0 Å². The number of anilines is 1. The third-order valence-corrected chi connectivity index (χ3v) is 3.59. The van der Waals surface area contributed by atoms with Crippen molar-refractivity contribution in [3.8, 4) is 0 Å². The van der Waals surface area contributed by atoms with Crippen molar-refractivity contribution in [3.63, 3.8) is 0 Å². The second-order valence-electron chi connectivity index (χ2n) is 4.54. The molecule has 1 N–H and O–H groups in total. The maximum Gasteiger partial charge on any atom is 0.241 e. The minimum atomic E-state index is -0.710. The minimum Gasteiger partial charge on any atom is -0.371 e. The van der Waals surface area contributed by atoms with Gasteiger partial charge in [-0.3, -0.25) is 4.79 Å². The van der Waals surface area contributed by atoms with Crippen molar-refractivity contribution in [1.82, 2.24) is 4.90 Å². The number of nitrogens with zero attached hydrogens (tertiary/aromatic N) is 1. The third kappa shape index (κ3) is 3.65. The molecule has 3 nitrogen and oxygen atoms in total. The van der Waals surface area contributed by atoms with E-state index in [9.17, 15) is 13.6 Å². The zero-order valence-corrected chi connectivity index (χ0v) is 12.0. The van der Waals surface area contributed by atoms with Gasteiger partial charge in [-0.1, -0.05) is 15.9 Å². The normalized spacial score (nSPS) is 15.4. The van der Waals surface area contributed by atoms with Crippen LogP contribution in [0.5, 0.6) is 0 Å². The van der Waals surface area contributed by atoms with Gasteiger partial charge in [0.05, 0.1) is 6.54 Å². The first kappa shape index (κ1) is 14.2. The van der Waals surface area contributed by atoms with Gasteiger partial charge < -0.3 is 10.2 Å². The number of piperidine rings is 1. The molecule has 19 heavy (non-hydrogen) atoms. The van der Waals surface area contributed by atoms with Crippen molar-refractivity contribution in [2.45, 2.75) is 19.3 Å². The maximum atomic E-state index is 13.5. The second kappa shape index (κ2) is 6.32. The smallest absolute Gasteiger partial charge is 0.241 e. The summed E-state index contributed by atoms with van der Waals surface area (Å²) in [6.07, 6.45) is 3.12. The van der Waals surface area contributed by atoms with E-state index in [2.05, 4.69) is 21.2 Å². The molecule has 1 heterocycles. The van der Waals surface area contributed by atoms with E-state index >= 15 is 0 Å². The summed E-state index contributed by atoms with van der Waals surface area (Å²) in [6, 6.07) is 2.33. The number of hydrogen-bond donors (Lipinski definition) is 1. The van der Waals surface area contributed by atoms with Crippen LogP contribution in [0.4, 0.5) is 14.5 Å². The molecule has 1 aromatic carbocycles. The molecule has 104 valence electrons. The Balaban J connectivity index is 1.96. The Labute approximate surface area is 119 Å². The summed E-state index contributed by atoms with van der Waals surface area (Å²) in [5, 5.41) is 2.54. The molecular weight excluding hydrogens is 318 g/mol. The number of rotatable bonds is 3. The number of benzene rings is 1. The summed E-state index contributed by atoms with van der Waals surface area (Å²) in [4.78, 5) is 13.6. The average Bonchev–Trinajstić information content (AvgIpc) is 2.38. The van der Waals surface area contributed by atoms with Crippen molar-refractivity contribution in [1.29, 1.82) is 0 Å². The number of nitrogens with one attached hydrogen (secondary N) is 1. The zero-order chi connectivity index (χ0) is 13.8. The number of halogens is 3. The van der Waals surface area contributed by atoms with Gasteiger partial charge in [0.15, 0.2) is 0 Å². The molecule has 0 radical (unpaired) electrons. The molecule has 0 atom stereocenters. The third-order valence-electron chi connectivity index (χ3n) is 3.13. The van der Waals surface area contributed by atoms with Crippen LogP contribution < -0.4 is 5.32 Å². The lowest BCUT2D eigenvalue weighted by Crippen LogP contribution is -2.39. The van der Waals surface area contributed by atoms with Crippen LogP contribution >= 0.6 is 15.9 Å². The second-order valence-corrected chi connectivity index (χ2v) is 5.46. The van der Waals surface area contributed by atoms with Crippen LogP contribution in [-0.4, -0.2) is 30.4 Å². The van der Waals surface area contributed by atoms with Crippen molar-refractivity contribution in [2.24, 2.45) is 0 Å². The molecule has 0 saturated carbocycles. The zero-order valence-electron chi connectivity index (χ0n) is 10.4. The molecule has 2 rings (SSSR count). The standard InChI is InChI=1S/C13H15BrF2N2O/c14-9-6-10(15)13(11(16)7-9)17-8-12(19)18-4-2-1-3-5-18/h6-7,17H,1-5,8H2. The van der Waals surface area contributed by atoms with Gasteiger partial charge in [0, 0.05) is 17.6 Å². The molecule has 1 aromatic rings. The highest BCUT2D eigenvalue weighted by Gasteiger charge is 2.17. The van der Waals surface area contributed by atoms with Gasteiger partial charge in [0.2, 0.25) is 5.91 Å². The van der Waals surface area contributed by atoms with Gasteiger partial charge >= 0.3 is 0 Å². The molecule has 0 unspecified atom stereocenters. The van der Waals surface area contributed by atoms with Crippen LogP contribution in [0, 0.1) is 11.6 Å². The van der Waals surface area contributed by atoms with Crippen molar-refractivity contribution in [2.75, 3.05) is 25.0 Å². The highest BCUT2D eigenvalue weighted by atomic mass is 79.9. The molecule has 0 aromatic heterocycles. The van der Waals surface area contributed by atoms with Crippen molar-refractivity contribution in [3.05, 3.63) is 28.2 Å². The number of likely N-dealkylation sites (tertiary alicyclic amines) is 1. The molecule has 1 amide bonds. The number of amides is 1. The van der Waals surface area contributed by atoms with E-state index in [0.29, 0.717) is 4.47 Å². The lowest BCUT2D eigenvalue weighted by Gasteiger charge is -2.27. The maximum absolute atomic E-state index is 13.5. The highest BCUT2D eigenvalue weighted by molar-refractivity contribution is 9.10. The molecule has 0 bridgehead atoms. The van der Waals surface area contributed by atoms with Gasteiger partial charge in [-0.2, -0.15) is 0 Å². The summed E-state index contributed by atoms with van der Waals surface area (Å²) in [5.74, 6) is -1.54. The lowest BCUT2D eigenvalue weighted by atomic mass is 10.1. The summed E-state index contributed by atoms with van der Waals surface area (Å²) in [7, 11) is 0. The minimum absolute atomic E-state index is 0.0878. The predicted octanol–water partition coefficient (Wildman–Crippen LogP) is 3.15. The Morgan fingerprint density at radius 2 is 1.79 bits per heavy atom. The Morgan fingerprint density at radius 1 is 1.21 bits per heavy atom. The molecule has 0 aliphatic carbocycles. The van der Waals surface area contributed by atoms with E-state index in [1.807, 2.05) is 0 Å². The molecule has 1 aliphatic rings. The van der Waals surface area contributed by atoms with Crippen molar-refractivity contribution < 1.29 is 13.6 Å². The first-order chi connectivity index (χ1) is 9.08. The summed E-state index contributed by atoms with van der Waals surface area (Å²) < 4.78 is 27.4. The van der Waals surface area contributed by atoms with E-state index < -0.39 is 11.6 Å². The van der Waals surface area contributed by atoms with E-state index in [-0.39, 0.29) is 18.1 Å². The van der Waals surface area contributed by atoms with Gasteiger partial charge in [-0.25, -0.2) is 8.78 Å². The Kier molecular flexibility index (Phi) is 4.74. The fourth-order valence-electron chi connectivity index (χ4n) is 2.13. The fraction of sp³-hybridized carbons (Fsp3) is 0.462. The predicted molar refractivity (Wildman–Crippen MR) is 73.0 cm³/mol. The highest BCUT2D eigenvalue weighted by Crippen LogP contribution is 2.23. The van der Waals surface area contributed by atoms with Crippen molar-refractivity contribution >= 4 is 27.5 Å². The quantitative estimate of drug-likeness (QED) is 0.922. The topological polar surface area (TPSA) is 32.3 Å². The summed E-state index contributed by atoms with van der Waals surface area (Å²) in [6.45, 7) is 1.37. The molecule has 1 fully saturated rings. The Bertz CT molecular complexity index is 453. The fourth-order valence-corrected chi connectivity index (χ4v) is 2.53. The van der Waals surface area contributed by atoms with Crippen LogP contribution in [0.25, 0.3) is 0 Å². The van der Waals surface area contributed by atoms with Gasteiger partial charge in [0.1, 0.15) is 17.3 Å². The van der Waals surface area contributed by atoms with Gasteiger partial charge in [-0.05, 0) is 31.4 Å². The number of hydrogen-bond acceptors (Lipinski definition) is 2. The van der Waals surface area contributed by atoms with Crippen LogP contribution in [0.3, 0.4) is 0 Å². The van der Waals surface area contributed by atoms with Crippen LogP contribution in [0.2, 0.25) is 0 Å². The summed E-state index contributed by atoms with van der Waals surface area (Å²) >= 11 is 3.01. The SMILES string of the molecule is O=C(CNc1c(F)cc(Br)cc1F)N1CCCCC1. The number of carbonyl (C=O) groups is 1. The van der Waals surface area contributed by atoms with Crippen LogP contribution in [0.15, 0.2) is 16.6 Å². The van der Waals surface area contributed by atoms with Crippen LogP contribution in [-0.2, 0) is 4.79 Å². The largest absolute Gasteiger partial charge is 0.371 e. The van der Waals surface area contributed by atoms with E-state index in [4.69, 9.17) is 0 Å². The molecule has 0 spiro atoms. The summed E-state index contributed by atoms with van der Waals surface area (Å²) in [5.41, 5.74) is -0.256. The molecule has 1 saturated heterocycles. The van der Waals surface area contributed by atoms with E-state index in [1.54, 1.807) is 4.90 Å². The molecular formula is C13H15BrF2N2O. The number of carbonyl (C=O) groups excluding carboxylic acids is 1. The van der Waals surface area contributed by atoms with Crippen LogP contribution in [0.1, 0.15) is 19.3 Å². The average molecular weight is 333 g/mol. The van der Waals surface area contributed by atoms with E-state index in [0.717, 1.165) is 44.5 Å². The first-order valence-corrected chi connectivity index (χ1v) is 7.03. The lowest BCUT2D eigenvalue weighted by molar-refractivity contribution is -0.130. The Morgan fingerprint density at radius 3 is 2.37 bits per heavy atom. The molecule has 1 aliphatic heterocycles. The Hall–Kier alpha value is -1.17. The monoisotopic (exact) mass is 332 g/mol. The van der Waals surface area contributed by atoms with E-state index in [1.165, 1.54) is 0 Å².